The smallest absolute Gasteiger partial charge is 0.123 e. The van der Waals surface area contributed by atoms with Crippen molar-refractivity contribution in [1.82, 2.24) is 0 Å². The lowest BCUT2D eigenvalue weighted by Crippen LogP contribution is -2.28. The maximum atomic E-state index is 12.9. The van der Waals surface area contributed by atoms with E-state index in [0.29, 0.717) is 12.8 Å². The topological polar surface area (TPSA) is 29.5 Å². The summed E-state index contributed by atoms with van der Waals surface area (Å²) in [7, 11) is 1.56. The third-order valence-corrected chi connectivity index (χ3v) is 2.76. The van der Waals surface area contributed by atoms with Crippen LogP contribution in [-0.4, -0.2) is 18.8 Å². The van der Waals surface area contributed by atoms with E-state index in [9.17, 15) is 9.50 Å². The summed E-state index contributed by atoms with van der Waals surface area (Å²) in [4.78, 5) is 0. The minimum Gasteiger partial charge on any atom is -0.383 e. The molecule has 0 saturated heterocycles. The van der Waals surface area contributed by atoms with Gasteiger partial charge in [0.2, 0.25) is 0 Å². The number of ether oxygens (including phenoxy) is 1. The van der Waals surface area contributed by atoms with Gasteiger partial charge in [0, 0.05) is 7.11 Å². The molecule has 1 unspecified atom stereocenters. The standard InChI is InChI=1S/C11H13FO2/c1-14-7-11(13)5-4-8-6-9(12)2-3-10(8)11/h2-3,6,13H,4-5,7H2,1H3. The minimum atomic E-state index is -0.919. The molecule has 14 heavy (non-hydrogen) atoms. The number of benzene rings is 1. The second-order valence-electron chi connectivity index (χ2n) is 3.77. The van der Waals surface area contributed by atoms with Crippen LogP contribution in [0.3, 0.4) is 0 Å². The molecule has 1 aliphatic carbocycles. The molecule has 1 aromatic carbocycles. The highest BCUT2D eigenvalue weighted by Crippen LogP contribution is 2.37. The van der Waals surface area contributed by atoms with Gasteiger partial charge in [-0.05, 0) is 36.1 Å². The predicted molar refractivity (Wildman–Crippen MR) is 50.5 cm³/mol. The molecule has 0 heterocycles. The molecule has 1 atom stereocenters. The molecule has 0 fully saturated rings. The maximum Gasteiger partial charge on any atom is 0.123 e. The molecule has 1 aromatic rings. The quantitative estimate of drug-likeness (QED) is 0.778. The zero-order valence-electron chi connectivity index (χ0n) is 8.09. The van der Waals surface area contributed by atoms with Gasteiger partial charge in [-0.2, -0.15) is 0 Å². The normalized spacial score (nSPS) is 25.1. The largest absolute Gasteiger partial charge is 0.383 e. The van der Waals surface area contributed by atoms with E-state index in [2.05, 4.69) is 0 Å². The first kappa shape index (κ1) is 9.62. The fourth-order valence-corrected chi connectivity index (χ4v) is 2.09. The lowest BCUT2D eigenvalue weighted by atomic mass is 9.97. The fraction of sp³-hybridized carbons (Fsp3) is 0.455. The highest BCUT2D eigenvalue weighted by molar-refractivity contribution is 5.37. The molecule has 2 rings (SSSR count). The van der Waals surface area contributed by atoms with Gasteiger partial charge in [0.25, 0.3) is 0 Å². The highest BCUT2D eigenvalue weighted by Gasteiger charge is 2.36. The Morgan fingerprint density at radius 3 is 3.07 bits per heavy atom. The zero-order valence-corrected chi connectivity index (χ0v) is 8.09. The second kappa shape index (κ2) is 3.33. The molecule has 0 bridgehead atoms. The number of methoxy groups -OCH3 is 1. The van der Waals surface area contributed by atoms with Gasteiger partial charge in [0.15, 0.2) is 0 Å². The first-order valence-corrected chi connectivity index (χ1v) is 4.66. The van der Waals surface area contributed by atoms with Crippen molar-refractivity contribution in [3.63, 3.8) is 0 Å². The number of aliphatic hydroxyl groups is 1. The average molecular weight is 196 g/mol. The van der Waals surface area contributed by atoms with Crippen molar-refractivity contribution in [2.24, 2.45) is 0 Å². The summed E-state index contributed by atoms with van der Waals surface area (Å²) in [5, 5.41) is 10.2. The van der Waals surface area contributed by atoms with Crippen molar-refractivity contribution >= 4 is 0 Å². The van der Waals surface area contributed by atoms with Crippen molar-refractivity contribution in [3.8, 4) is 0 Å². The van der Waals surface area contributed by atoms with Gasteiger partial charge >= 0.3 is 0 Å². The van der Waals surface area contributed by atoms with Crippen molar-refractivity contribution in [2.45, 2.75) is 18.4 Å². The van der Waals surface area contributed by atoms with Crippen LogP contribution in [0.5, 0.6) is 0 Å². The number of hydrogen-bond donors (Lipinski definition) is 1. The van der Waals surface area contributed by atoms with Crippen LogP contribution in [0.2, 0.25) is 0 Å². The third kappa shape index (κ3) is 1.42. The van der Waals surface area contributed by atoms with Crippen LogP contribution in [0.4, 0.5) is 4.39 Å². The molecular weight excluding hydrogens is 183 g/mol. The number of hydrogen-bond acceptors (Lipinski definition) is 2. The highest BCUT2D eigenvalue weighted by atomic mass is 19.1. The van der Waals surface area contributed by atoms with Crippen LogP contribution in [0, 0.1) is 5.82 Å². The van der Waals surface area contributed by atoms with E-state index in [1.807, 2.05) is 0 Å². The molecule has 1 N–H and O–H groups in total. The van der Waals surface area contributed by atoms with Crippen molar-refractivity contribution in [1.29, 1.82) is 0 Å². The van der Waals surface area contributed by atoms with Gasteiger partial charge in [-0.3, -0.25) is 0 Å². The van der Waals surface area contributed by atoms with Crippen LogP contribution < -0.4 is 0 Å². The Morgan fingerprint density at radius 2 is 2.36 bits per heavy atom. The molecule has 0 spiro atoms. The lowest BCUT2D eigenvalue weighted by molar-refractivity contribution is -0.0341. The molecule has 0 aromatic heterocycles. The number of fused-ring (bicyclic) bond motifs is 1. The molecular formula is C11H13FO2. The molecule has 3 heteroatoms. The van der Waals surface area contributed by atoms with E-state index >= 15 is 0 Å². The van der Waals surface area contributed by atoms with Crippen molar-refractivity contribution in [2.75, 3.05) is 13.7 Å². The van der Waals surface area contributed by atoms with E-state index in [1.54, 1.807) is 13.2 Å². The SMILES string of the molecule is COCC1(O)CCc2cc(F)ccc21. The van der Waals surface area contributed by atoms with Crippen LogP contribution in [0.25, 0.3) is 0 Å². The Kier molecular flexibility index (Phi) is 2.29. The summed E-state index contributed by atoms with van der Waals surface area (Å²) >= 11 is 0. The molecule has 2 nitrogen and oxygen atoms in total. The van der Waals surface area contributed by atoms with E-state index in [1.165, 1.54) is 12.1 Å². The fourth-order valence-electron chi connectivity index (χ4n) is 2.09. The zero-order chi connectivity index (χ0) is 10.2. The lowest BCUT2D eigenvalue weighted by Gasteiger charge is -2.22. The van der Waals surface area contributed by atoms with E-state index in [4.69, 9.17) is 4.74 Å². The summed E-state index contributed by atoms with van der Waals surface area (Å²) < 4.78 is 17.9. The van der Waals surface area contributed by atoms with Gasteiger partial charge in [0.1, 0.15) is 11.4 Å². The van der Waals surface area contributed by atoms with Crippen LogP contribution in [0.1, 0.15) is 17.5 Å². The molecule has 0 radical (unpaired) electrons. The number of halogens is 1. The summed E-state index contributed by atoms with van der Waals surface area (Å²) in [5.74, 6) is -0.245. The van der Waals surface area contributed by atoms with E-state index in [0.717, 1.165) is 11.1 Å². The first-order chi connectivity index (χ1) is 6.65. The van der Waals surface area contributed by atoms with E-state index in [-0.39, 0.29) is 12.4 Å². The van der Waals surface area contributed by atoms with Crippen LogP contribution in [0.15, 0.2) is 18.2 Å². The minimum absolute atomic E-state index is 0.245. The summed E-state index contributed by atoms with van der Waals surface area (Å²) in [6.07, 6.45) is 1.33. The summed E-state index contributed by atoms with van der Waals surface area (Å²) in [5.41, 5.74) is 0.780. The number of aryl methyl sites for hydroxylation is 1. The van der Waals surface area contributed by atoms with Gasteiger partial charge in [-0.25, -0.2) is 4.39 Å². The van der Waals surface area contributed by atoms with Crippen molar-refractivity contribution in [3.05, 3.63) is 35.1 Å². The Labute approximate surface area is 82.3 Å². The maximum absolute atomic E-state index is 12.9. The Hall–Kier alpha value is -0.930. The first-order valence-electron chi connectivity index (χ1n) is 4.66. The monoisotopic (exact) mass is 196 g/mol. The Balaban J connectivity index is 2.39. The molecule has 1 aliphatic rings. The third-order valence-electron chi connectivity index (χ3n) is 2.76. The Morgan fingerprint density at radius 1 is 1.57 bits per heavy atom. The summed E-state index contributed by atoms with van der Waals surface area (Å²) in [6.45, 7) is 0.269. The van der Waals surface area contributed by atoms with Gasteiger partial charge in [-0.1, -0.05) is 6.07 Å². The Bertz CT molecular complexity index is 351. The van der Waals surface area contributed by atoms with Crippen LogP contribution >= 0.6 is 0 Å². The molecule has 0 amide bonds. The molecule has 76 valence electrons. The second-order valence-corrected chi connectivity index (χ2v) is 3.77. The van der Waals surface area contributed by atoms with Crippen LogP contribution in [-0.2, 0) is 16.8 Å². The van der Waals surface area contributed by atoms with E-state index < -0.39 is 5.60 Å². The molecule has 0 saturated carbocycles. The summed E-state index contributed by atoms with van der Waals surface area (Å²) in [6, 6.07) is 4.52. The number of rotatable bonds is 2. The average Bonchev–Trinajstić information content (AvgIpc) is 2.44. The van der Waals surface area contributed by atoms with Gasteiger partial charge < -0.3 is 9.84 Å². The van der Waals surface area contributed by atoms with Gasteiger partial charge in [0.05, 0.1) is 6.61 Å². The van der Waals surface area contributed by atoms with Gasteiger partial charge in [-0.15, -0.1) is 0 Å². The predicted octanol–water partition coefficient (Wildman–Crippen LogP) is 1.61. The van der Waals surface area contributed by atoms with Crippen molar-refractivity contribution < 1.29 is 14.2 Å². The molecule has 0 aliphatic heterocycles.